The van der Waals surface area contributed by atoms with Crippen LogP contribution in [0.2, 0.25) is 0 Å². The zero-order chi connectivity index (χ0) is 22.3. The van der Waals surface area contributed by atoms with Gasteiger partial charge in [0.15, 0.2) is 0 Å². The normalized spacial score (nSPS) is 11.6. The van der Waals surface area contributed by atoms with E-state index in [4.69, 9.17) is 0 Å². The van der Waals surface area contributed by atoms with Gasteiger partial charge in [-0.15, -0.1) is 11.3 Å². The summed E-state index contributed by atoms with van der Waals surface area (Å²) in [5, 5.41) is 2.03. The van der Waals surface area contributed by atoms with Crippen LogP contribution in [-0.2, 0) is 23.0 Å². The van der Waals surface area contributed by atoms with E-state index >= 15 is 0 Å². The van der Waals surface area contributed by atoms with E-state index in [1.54, 1.807) is 40.8 Å². The molecule has 2 heterocycles. The van der Waals surface area contributed by atoms with Crippen molar-refractivity contribution in [1.82, 2.24) is 14.2 Å². The minimum Gasteiger partial charge on any atom is -0.334 e. The van der Waals surface area contributed by atoms with Gasteiger partial charge in [-0.3, -0.25) is 9.78 Å². The van der Waals surface area contributed by atoms with E-state index in [2.05, 4.69) is 11.1 Å². The van der Waals surface area contributed by atoms with Crippen LogP contribution >= 0.6 is 11.3 Å². The highest BCUT2D eigenvalue weighted by atomic mass is 32.2. The maximum atomic E-state index is 13.3. The minimum absolute atomic E-state index is 0.132. The molecule has 0 radical (unpaired) electrons. The van der Waals surface area contributed by atoms with Gasteiger partial charge < -0.3 is 4.90 Å². The number of aromatic nitrogens is 1. The average Bonchev–Trinajstić information content (AvgIpc) is 3.31. The van der Waals surface area contributed by atoms with E-state index in [1.807, 2.05) is 37.4 Å². The number of rotatable bonds is 10. The molecule has 0 saturated carbocycles. The van der Waals surface area contributed by atoms with Gasteiger partial charge in [0.2, 0.25) is 10.0 Å². The van der Waals surface area contributed by atoms with Crippen LogP contribution in [0.15, 0.2) is 71.2 Å². The number of benzene rings is 1. The molecule has 0 bridgehead atoms. The third kappa shape index (κ3) is 5.78. The predicted octanol–water partition coefficient (Wildman–Crippen LogP) is 4.06. The van der Waals surface area contributed by atoms with Crippen LogP contribution in [-0.4, -0.2) is 48.1 Å². The molecule has 0 fully saturated rings. The number of hydrogen-bond donors (Lipinski definition) is 0. The molecular weight excluding hydrogens is 430 g/mol. The Hall–Kier alpha value is -2.55. The highest BCUT2D eigenvalue weighted by Gasteiger charge is 2.23. The molecule has 0 aliphatic heterocycles. The van der Waals surface area contributed by atoms with E-state index < -0.39 is 10.0 Å². The van der Waals surface area contributed by atoms with Gasteiger partial charge in [-0.2, -0.15) is 4.31 Å². The smallest absolute Gasteiger partial charge is 0.254 e. The van der Waals surface area contributed by atoms with Crippen molar-refractivity contribution in [2.24, 2.45) is 0 Å². The number of nitrogens with zero attached hydrogens (tertiary/aromatic N) is 3. The molecule has 164 valence electrons. The standard InChI is InChI=1S/C23H27N3O3S2/c1-3-26(4-2)31(28,29)22-11-9-20(10-12-22)23(27)25(15-13-21-8-6-16-30-21)18-19-7-5-14-24-17-19/h5-12,14,16-17H,3-4,13,15,18H2,1-2H3. The number of amides is 1. The number of sulfonamides is 1. The highest BCUT2D eigenvalue weighted by molar-refractivity contribution is 7.89. The SMILES string of the molecule is CCN(CC)S(=O)(=O)c1ccc(C(=O)N(CCc2cccs2)Cc2cccnc2)cc1. The van der Waals surface area contributed by atoms with Crippen LogP contribution in [0.1, 0.15) is 34.6 Å². The van der Waals surface area contributed by atoms with Crippen molar-refractivity contribution >= 4 is 27.3 Å². The van der Waals surface area contributed by atoms with Gasteiger partial charge in [-0.1, -0.05) is 26.0 Å². The topological polar surface area (TPSA) is 70.6 Å². The molecular formula is C23H27N3O3S2. The summed E-state index contributed by atoms with van der Waals surface area (Å²) in [6.07, 6.45) is 4.22. The summed E-state index contributed by atoms with van der Waals surface area (Å²) < 4.78 is 26.8. The lowest BCUT2D eigenvalue weighted by atomic mass is 10.1. The predicted molar refractivity (Wildman–Crippen MR) is 124 cm³/mol. The second-order valence-electron chi connectivity index (χ2n) is 7.03. The molecule has 1 aromatic carbocycles. The molecule has 1 amide bonds. The van der Waals surface area contributed by atoms with Crippen LogP contribution in [0.5, 0.6) is 0 Å². The average molecular weight is 458 g/mol. The van der Waals surface area contributed by atoms with Gasteiger partial charge in [0, 0.05) is 49.0 Å². The van der Waals surface area contributed by atoms with Crippen LogP contribution in [0.4, 0.5) is 0 Å². The number of thiophene rings is 1. The van der Waals surface area contributed by atoms with Gasteiger partial charge >= 0.3 is 0 Å². The molecule has 0 aliphatic carbocycles. The fourth-order valence-electron chi connectivity index (χ4n) is 3.33. The minimum atomic E-state index is -3.55. The fourth-order valence-corrected chi connectivity index (χ4v) is 5.49. The summed E-state index contributed by atoms with van der Waals surface area (Å²) in [7, 11) is -3.55. The van der Waals surface area contributed by atoms with Crippen molar-refractivity contribution in [1.29, 1.82) is 0 Å². The van der Waals surface area contributed by atoms with Crippen molar-refractivity contribution < 1.29 is 13.2 Å². The van der Waals surface area contributed by atoms with Crippen molar-refractivity contribution in [3.8, 4) is 0 Å². The Bertz CT molecular complexity index is 1060. The fraction of sp³-hybridized carbons (Fsp3) is 0.304. The quantitative estimate of drug-likeness (QED) is 0.460. The van der Waals surface area contributed by atoms with Gasteiger partial charge in [-0.05, 0) is 53.8 Å². The van der Waals surface area contributed by atoms with E-state index in [0.717, 1.165) is 12.0 Å². The third-order valence-corrected chi connectivity index (χ3v) is 8.04. The zero-order valence-electron chi connectivity index (χ0n) is 17.8. The van der Waals surface area contributed by atoms with Gasteiger partial charge in [0.25, 0.3) is 5.91 Å². The van der Waals surface area contributed by atoms with E-state index in [1.165, 1.54) is 21.3 Å². The van der Waals surface area contributed by atoms with Gasteiger partial charge in [0.05, 0.1) is 4.90 Å². The second-order valence-corrected chi connectivity index (χ2v) is 10.0. The summed E-state index contributed by atoms with van der Waals surface area (Å²) in [5.41, 5.74) is 1.41. The molecule has 3 rings (SSSR count). The van der Waals surface area contributed by atoms with Crippen LogP contribution < -0.4 is 0 Å². The van der Waals surface area contributed by atoms with Crippen molar-refractivity contribution in [3.05, 3.63) is 82.3 Å². The summed E-state index contributed by atoms with van der Waals surface area (Å²) in [4.78, 5) is 20.6. The second kappa shape index (κ2) is 10.7. The summed E-state index contributed by atoms with van der Waals surface area (Å²) in [6.45, 7) is 5.43. The summed E-state index contributed by atoms with van der Waals surface area (Å²) in [6, 6.07) is 14.1. The molecule has 6 nitrogen and oxygen atoms in total. The molecule has 0 spiro atoms. The zero-order valence-corrected chi connectivity index (χ0v) is 19.4. The molecule has 8 heteroatoms. The maximum Gasteiger partial charge on any atom is 0.254 e. The van der Waals surface area contributed by atoms with E-state index in [9.17, 15) is 13.2 Å². The third-order valence-electron chi connectivity index (χ3n) is 5.04. The Balaban J connectivity index is 1.81. The van der Waals surface area contributed by atoms with E-state index in [-0.39, 0.29) is 10.8 Å². The Morgan fingerprint density at radius 1 is 1.03 bits per heavy atom. The summed E-state index contributed by atoms with van der Waals surface area (Å²) in [5.74, 6) is -0.132. The first kappa shape index (κ1) is 23.1. The first-order valence-corrected chi connectivity index (χ1v) is 12.6. The van der Waals surface area contributed by atoms with Crippen molar-refractivity contribution in [2.45, 2.75) is 31.7 Å². The largest absolute Gasteiger partial charge is 0.334 e. The lowest BCUT2D eigenvalue weighted by Gasteiger charge is -2.23. The summed E-state index contributed by atoms with van der Waals surface area (Å²) >= 11 is 1.67. The van der Waals surface area contributed by atoms with Crippen LogP contribution in [0.25, 0.3) is 0 Å². The first-order chi connectivity index (χ1) is 15.0. The number of hydrogen-bond acceptors (Lipinski definition) is 5. The molecule has 0 aliphatic rings. The van der Waals surface area contributed by atoms with Crippen LogP contribution in [0, 0.1) is 0 Å². The molecule has 0 unspecified atom stereocenters. The molecule has 2 aromatic heterocycles. The molecule has 31 heavy (non-hydrogen) atoms. The molecule has 0 atom stereocenters. The van der Waals surface area contributed by atoms with Crippen LogP contribution in [0.3, 0.4) is 0 Å². The highest BCUT2D eigenvalue weighted by Crippen LogP contribution is 2.18. The van der Waals surface area contributed by atoms with Gasteiger partial charge in [0.1, 0.15) is 0 Å². The molecule has 0 N–H and O–H groups in total. The number of carbonyl (C=O) groups excluding carboxylic acids is 1. The van der Waals surface area contributed by atoms with Crippen molar-refractivity contribution in [2.75, 3.05) is 19.6 Å². The van der Waals surface area contributed by atoms with Gasteiger partial charge in [-0.25, -0.2) is 8.42 Å². The monoisotopic (exact) mass is 457 g/mol. The number of pyridine rings is 1. The number of carbonyl (C=O) groups is 1. The Morgan fingerprint density at radius 3 is 2.35 bits per heavy atom. The van der Waals surface area contributed by atoms with Crippen molar-refractivity contribution in [3.63, 3.8) is 0 Å². The lowest BCUT2D eigenvalue weighted by molar-refractivity contribution is 0.0745. The lowest BCUT2D eigenvalue weighted by Crippen LogP contribution is -2.33. The Labute approximate surface area is 188 Å². The molecule has 0 saturated heterocycles. The Kier molecular flexibility index (Phi) is 7.95. The first-order valence-electron chi connectivity index (χ1n) is 10.3. The Morgan fingerprint density at radius 2 is 1.77 bits per heavy atom. The maximum absolute atomic E-state index is 13.3. The molecule has 3 aromatic rings. The van der Waals surface area contributed by atoms with E-state index in [0.29, 0.717) is 31.7 Å².